The summed E-state index contributed by atoms with van der Waals surface area (Å²) in [6, 6.07) is 5.77. The minimum Gasteiger partial charge on any atom is -0.307 e. The van der Waals surface area contributed by atoms with Crippen LogP contribution in [0.5, 0.6) is 0 Å². The van der Waals surface area contributed by atoms with Crippen molar-refractivity contribution in [1.82, 2.24) is 5.32 Å². The fraction of sp³-hybridized carbons (Fsp3) is 0.500. The molecule has 0 aromatic heterocycles. The summed E-state index contributed by atoms with van der Waals surface area (Å²) in [5.41, 5.74) is 1.08. The van der Waals surface area contributed by atoms with E-state index in [-0.39, 0.29) is 16.9 Å². The first-order valence-electron chi connectivity index (χ1n) is 5.45. The first-order chi connectivity index (χ1) is 7.66. The first-order valence-corrected chi connectivity index (χ1v) is 6.99. The fourth-order valence-electron chi connectivity index (χ4n) is 1.86. The van der Waals surface area contributed by atoms with Gasteiger partial charge in [0.2, 0.25) is 0 Å². The van der Waals surface area contributed by atoms with E-state index >= 15 is 0 Å². The van der Waals surface area contributed by atoms with Crippen molar-refractivity contribution < 1.29 is 4.39 Å². The van der Waals surface area contributed by atoms with Crippen LogP contribution in [0.3, 0.4) is 0 Å². The van der Waals surface area contributed by atoms with E-state index in [9.17, 15) is 4.39 Å². The monoisotopic (exact) mass is 259 g/mol. The van der Waals surface area contributed by atoms with Crippen molar-refractivity contribution in [3.63, 3.8) is 0 Å². The van der Waals surface area contributed by atoms with E-state index in [0.29, 0.717) is 6.04 Å². The molecule has 1 fully saturated rings. The lowest BCUT2D eigenvalue weighted by Gasteiger charge is -2.19. The van der Waals surface area contributed by atoms with Gasteiger partial charge in [0.1, 0.15) is 5.82 Å². The maximum Gasteiger partial charge on any atom is 0.141 e. The Balaban J connectivity index is 2.18. The van der Waals surface area contributed by atoms with Gasteiger partial charge in [-0.15, -0.1) is 0 Å². The topological polar surface area (TPSA) is 12.0 Å². The Morgan fingerprint density at radius 2 is 2.31 bits per heavy atom. The molecule has 1 aromatic carbocycles. The molecule has 2 rings (SSSR count). The smallest absolute Gasteiger partial charge is 0.141 e. The summed E-state index contributed by atoms with van der Waals surface area (Å²) in [5, 5.41) is 3.75. The highest BCUT2D eigenvalue weighted by atomic mass is 35.5. The lowest BCUT2D eigenvalue weighted by molar-refractivity contribution is 0.484. The number of hydrogen-bond acceptors (Lipinski definition) is 2. The maximum atomic E-state index is 13.1. The molecular formula is C12H15ClFNS. The average Bonchev–Trinajstić information content (AvgIpc) is 2.47. The van der Waals surface area contributed by atoms with Crippen molar-refractivity contribution >= 4 is 23.4 Å². The molecule has 0 bridgehead atoms. The Hall–Kier alpha value is -0.250. The van der Waals surface area contributed by atoms with E-state index in [2.05, 4.69) is 12.2 Å². The zero-order valence-electron chi connectivity index (χ0n) is 9.17. The number of hydrogen-bond donors (Lipinski definition) is 1. The van der Waals surface area contributed by atoms with Gasteiger partial charge >= 0.3 is 0 Å². The SMILES string of the molecule is CC1CCSCC(c2ccc(F)c(Cl)c2)N1. The molecular weight excluding hydrogens is 245 g/mol. The van der Waals surface area contributed by atoms with Crippen LogP contribution in [-0.4, -0.2) is 17.5 Å². The van der Waals surface area contributed by atoms with Crippen LogP contribution in [0.25, 0.3) is 0 Å². The number of benzene rings is 1. The summed E-state index contributed by atoms with van der Waals surface area (Å²) < 4.78 is 13.1. The maximum absolute atomic E-state index is 13.1. The third kappa shape index (κ3) is 2.90. The Morgan fingerprint density at radius 3 is 3.06 bits per heavy atom. The minimum absolute atomic E-state index is 0.209. The van der Waals surface area contributed by atoms with E-state index in [4.69, 9.17) is 11.6 Å². The van der Waals surface area contributed by atoms with Gasteiger partial charge in [0.25, 0.3) is 0 Å². The van der Waals surface area contributed by atoms with Crippen LogP contribution in [0.15, 0.2) is 18.2 Å². The molecule has 2 atom stereocenters. The van der Waals surface area contributed by atoms with Gasteiger partial charge in [-0.1, -0.05) is 17.7 Å². The third-order valence-corrected chi connectivity index (χ3v) is 4.19. The lowest BCUT2D eigenvalue weighted by Crippen LogP contribution is -2.30. The summed E-state index contributed by atoms with van der Waals surface area (Å²) in [5.74, 6) is 1.85. The molecule has 1 aliphatic rings. The molecule has 0 amide bonds. The van der Waals surface area contributed by atoms with Crippen LogP contribution in [0.4, 0.5) is 4.39 Å². The Bertz CT molecular complexity index is 372. The van der Waals surface area contributed by atoms with Crippen LogP contribution >= 0.6 is 23.4 Å². The van der Waals surface area contributed by atoms with Gasteiger partial charge in [0.15, 0.2) is 0 Å². The summed E-state index contributed by atoms with van der Waals surface area (Å²) in [7, 11) is 0. The molecule has 0 radical (unpaired) electrons. The van der Waals surface area contributed by atoms with E-state index in [1.807, 2.05) is 17.8 Å². The van der Waals surface area contributed by atoms with E-state index < -0.39 is 0 Å². The van der Waals surface area contributed by atoms with Gasteiger partial charge < -0.3 is 5.32 Å². The predicted molar refractivity (Wildman–Crippen MR) is 68.7 cm³/mol. The second-order valence-corrected chi connectivity index (χ2v) is 5.71. The molecule has 1 heterocycles. The number of nitrogens with one attached hydrogen (secondary N) is 1. The Labute approximate surface area is 105 Å². The highest BCUT2D eigenvalue weighted by molar-refractivity contribution is 7.99. The molecule has 1 N–H and O–H groups in total. The van der Waals surface area contributed by atoms with E-state index in [1.165, 1.54) is 18.2 Å². The zero-order valence-corrected chi connectivity index (χ0v) is 10.7. The van der Waals surface area contributed by atoms with Crippen LogP contribution in [0.2, 0.25) is 5.02 Å². The summed E-state index contributed by atoms with van der Waals surface area (Å²) in [4.78, 5) is 0. The quantitative estimate of drug-likeness (QED) is 0.827. The molecule has 1 aliphatic heterocycles. The second kappa shape index (κ2) is 5.39. The molecule has 0 spiro atoms. The van der Waals surface area contributed by atoms with Crippen molar-refractivity contribution in [2.24, 2.45) is 0 Å². The zero-order chi connectivity index (χ0) is 11.5. The molecule has 1 aromatic rings. The van der Waals surface area contributed by atoms with Crippen molar-refractivity contribution in [2.45, 2.75) is 25.4 Å². The highest BCUT2D eigenvalue weighted by Crippen LogP contribution is 2.26. The van der Waals surface area contributed by atoms with Crippen molar-refractivity contribution in [2.75, 3.05) is 11.5 Å². The molecule has 0 aliphatic carbocycles. The van der Waals surface area contributed by atoms with Gasteiger partial charge in [-0.2, -0.15) is 11.8 Å². The van der Waals surface area contributed by atoms with Gasteiger partial charge in [-0.3, -0.25) is 0 Å². The number of rotatable bonds is 1. The van der Waals surface area contributed by atoms with Gasteiger partial charge in [0, 0.05) is 17.8 Å². The van der Waals surface area contributed by atoms with Gasteiger partial charge in [-0.25, -0.2) is 4.39 Å². The van der Waals surface area contributed by atoms with Crippen LogP contribution in [0, 0.1) is 5.82 Å². The standard InChI is InChI=1S/C12H15ClFNS/c1-8-4-5-16-7-12(15-8)9-2-3-11(14)10(13)6-9/h2-3,6,8,12,15H,4-5,7H2,1H3. The number of thioether (sulfide) groups is 1. The molecule has 1 nitrogen and oxygen atoms in total. The van der Waals surface area contributed by atoms with Crippen LogP contribution in [-0.2, 0) is 0 Å². The number of halogens is 2. The molecule has 16 heavy (non-hydrogen) atoms. The summed E-state index contributed by atoms with van der Waals surface area (Å²) >= 11 is 7.73. The van der Waals surface area contributed by atoms with Gasteiger partial charge in [-0.05, 0) is 36.8 Å². The normalized spacial score (nSPS) is 26.4. The fourth-order valence-corrected chi connectivity index (χ4v) is 3.26. The highest BCUT2D eigenvalue weighted by Gasteiger charge is 2.18. The minimum atomic E-state index is -0.347. The largest absolute Gasteiger partial charge is 0.307 e. The molecule has 4 heteroatoms. The third-order valence-electron chi connectivity index (χ3n) is 2.81. The van der Waals surface area contributed by atoms with E-state index in [1.54, 1.807) is 6.07 Å². The average molecular weight is 260 g/mol. The van der Waals surface area contributed by atoms with Crippen LogP contribution < -0.4 is 5.32 Å². The molecule has 88 valence electrons. The molecule has 0 saturated carbocycles. The van der Waals surface area contributed by atoms with Crippen molar-refractivity contribution in [1.29, 1.82) is 0 Å². The molecule has 2 unspecified atom stereocenters. The lowest BCUT2D eigenvalue weighted by atomic mass is 10.1. The van der Waals surface area contributed by atoms with E-state index in [0.717, 1.165) is 11.3 Å². The Kier molecular flexibility index (Phi) is 4.11. The summed E-state index contributed by atoms with van der Waals surface area (Å²) in [6.45, 7) is 2.18. The second-order valence-electron chi connectivity index (χ2n) is 4.16. The predicted octanol–water partition coefficient (Wildman–Crippen LogP) is 3.64. The van der Waals surface area contributed by atoms with Crippen molar-refractivity contribution in [3.8, 4) is 0 Å². The molecule has 1 saturated heterocycles. The van der Waals surface area contributed by atoms with Gasteiger partial charge in [0.05, 0.1) is 5.02 Å². The first kappa shape index (κ1) is 12.2. The summed E-state index contributed by atoms with van der Waals surface area (Å²) in [6.07, 6.45) is 1.18. The Morgan fingerprint density at radius 1 is 1.50 bits per heavy atom. The van der Waals surface area contributed by atoms with Crippen LogP contribution in [0.1, 0.15) is 24.9 Å². The van der Waals surface area contributed by atoms with Crippen molar-refractivity contribution in [3.05, 3.63) is 34.6 Å².